The van der Waals surface area contributed by atoms with Crippen molar-refractivity contribution in [1.82, 2.24) is 9.80 Å². The summed E-state index contributed by atoms with van der Waals surface area (Å²) < 4.78 is 5.28. The lowest BCUT2D eigenvalue weighted by molar-refractivity contribution is -0.140. The highest BCUT2D eigenvalue weighted by Gasteiger charge is 2.40. The summed E-state index contributed by atoms with van der Waals surface area (Å²) in [5, 5.41) is 0. The lowest BCUT2D eigenvalue weighted by Gasteiger charge is -2.40. The summed E-state index contributed by atoms with van der Waals surface area (Å²) >= 11 is 0. The van der Waals surface area contributed by atoms with Crippen LogP contribution in [-0.4, -0.2) is 47.5 Å². The molecule has 0 unspecified atom stereocenters. The Hall–Kier alpha value is -2.04. The van der Waals surface area contributed by atoms with E-state index in [0.717, 1.165) is 12.0 Å². The predicted octanol–water partition coefficient (Wildman–Crippen LogP) is 2.27. The van der Waals surface area contributed by atoms with Crippen LogP contribution >= 0.6 is 0 Å². The van der Waals surface area contributed by atoms with Crippen LogP contribution in [0, 0.1) is 0 Å². The zero-order chi connectivity index (χ0) is 15.2. The maximum Gasteiger partial charge on any atom is 0.410 e. The van der Waals surface area contributed by atoms with E-state index < -0.39 is 6.09 Å². The van der Waals surface area contributed by atoms with E-state index in [2.05, 4.69) is 0 Å². The van der Waals surface area contributed by atoms with Crippen molar-refractivity contribution in [3.05, 3.63) is 35.9 Å². The SMILES string of the molecule is CCN(CC)C(=O)[C@@H]1CCN1C(=O)OCc1ccccc1. The lowest BCUT2D eigenvalue weighted by atomic mass is 10.0. The molecule has 0 N–H and O–H groups in total. The fraction of sp³-hybridized carbons (Fsp3) is 0.500. The van der Waals surface area contributed by atoms with Crippen molar-refractivity contribution in [1.29, 1.82) is 0 Å². The molecular formula is C16H22N2O3. The second-order valence-corrected chi connectivity index (χ2v) is 5.05. The average molecular weight is 290 g/mol. The van der Waals surface area contributed by atoms with Crippen LogP contribution in [0.15, 0.2) is 30.3 Å². The largest absolute Gasteiger partial charge is 0.445 e. The number of hydrogen-bond acceptors (Lipinski definition) is 3. The molecule has 1 atom stereocenters. The fourth-order valence-electron chi connectivity index (χ4n) is 2.41. The number of nitrogens with zero attached hydrogens (tertiary/aromatic N) is 2. The Labute approximate surface area is 125 Å². The highest BCUT2D eigenvalue weighted by atomic mass is 16.6. The van der Waals surface area contributed by atoms with Crippen molar-refractivity contribution in [3.63, 3.8) is 0 Å². The van der Waals surface area contributed by atoms with Crippen molar-refractivity contribution in [3.8, 4) is 0 Å². The van der Waals surface area contributed by atoms with Crippen LogP contribution in [0.3, 0.4) is 0 Å². The second-order valence-electron chi connectivity index (χ2n) is 5.05. The maximum atomic E-state index is 12.3. The number of amides is 2. The minimum absolute atomic E-state index is 0.0166. The van der Waals surface area contributed by atoms with Crippen molar-refractivity contribution in [2.24, 2.45) is 0 Å². The molecule has 1 aromatic carbocycles. The number of likely N-dealkylation sites (N-methyl/N-ethyl adjacent to an activating group) is 1. The van der Waals surface area contributed by atoms with Crippen LogP contribution in [0.2, 0.25) is 0 Å². The molecule has 0 saturated carbocycles. The van der Waals surface area contributed by atoms with Gasteiger partial charge in [-0.25, -0.2) is 4.79 Å². The van der Waals surface area contributed by atoms with Gasteiger partial charge in [0.1, 0.15) is 12.6 Å². The van der Waals surface area contributed by atoms with Gasteiger partial charge in [0.25, 0.3) is 0 Å². The van der Waals surface area contributed by atoms with Gasteiger partial charge in [-0.15, -0.1) is 0 Å². The van der Waals surface area contributed by atoms with E-state index in [1.807, 2.05) is 44.2 Å². The summed E-state index contributed by atoms with van der Waals surface area (Å²) in [6.07, 6.45) is 0.311. The Kier molecular flexibility index (Phi) is 5.20. The minimum atomic E-state index is -0.407. The first-order valence-electron chi connectivity index (χ1n) is 7.43. The number of carbonyl (C=O) groups is 2. The summed E-state index contributed by atoms with van der Waals surface area (Å²) in [4.78, 5) is 27.6. The van der Waals surface area contributed by atoms with E-state index >= 15 is 0 Å². The number of carbonyl (C=O) groups excluding carboxylic acids is 2. The van der Waals surface area contributed by atoms with E-state index in [0.29, 0.717) is 19.6 Å². The van der Waals surface area contributed by atoms with Crippen LogP contribution < -0.4 is 0 Å². The molecule has 1 aromatic rings. The molecule has 5 nitrogen and oxygen atoms in total. The molecule has 0 bridgehead atoms. The van der Waals surface area contributed by atoms with E-state index in [9.17, 15) is 9.59 Å². The third-order valence-corrected chi connectivity index (χ3v) is 3.82. The number of hydrogen-bond donors (Lipinski definition) is 0. The van der Waals surface area contributed by atoms with E-state index in [4.69, 9.17) is 4.74 Å². The van der Waals surface area contributed by atoms with Crippen LogP contribution in [0.4, 0.5) is 4.79 Å². The average Bonchev–Trinajstić information content (AvgIpc) is 2.46. The molecule has 2 amide bonds. The molecule has 0 aliphatic carbocycles. The normalized spacial score (nSPS) is 17.0. The monoisotopic (exact) mass is 290 g/mol. The minimum Gasteiger partial charge on any atom is -0.445 e. The quantitative estimate of drug-likeness (QED) is 0.836. The zero-order valence-electron chi connectivity index (χ0n) is 12.6. The van der Waals surface area contributed by atoms with Crippen molar-refractivity contribution in [2.45, 2.75) is 32.9 Å². The topological polar surface area (TPSA) is 49.9 Å². The summed E-state index contributed by atoms with van der Waals surface area (Å²) in [6, 6.07) is 9.18. The number of benzene rings is 1. The molecule has 1 heterocycles. The smallest absolute Gasteiger partial charge is 0.410 e. The van der Waals surface area contributed by atoms with Crippen LogP contribution in [0.25, 0.3) is 0 Å². The second kappa shape index (κ2) is 7.11. The first-order chi connectivity index (χ1) is 10.2. The molecule has 1 aliphatic heterocycles. The van der Waals surface area contributed by atoms with Gasteiger partial charge in [0, 0.05) is 19.6 Å². The standard InChI is InChI=1S/C16H22N2O3/c1-3-17(4-2)15(19)14-10-11-18(14)16(20)21-12-13-8-6-5-7-9-13/h5-9,14H,3-4,10-12H2,1-2H3/t14-/m0/s1. The number of rotatable bonds is 5. The molecule has 0 spiro atoms. The van der Waals surface area contributed by atoms with Crippen LogP contribution in [0.5, 0.6) is 0 Å². The molecule has 0 aromatic heterocycles. The number of likely N-dealkylation sites (tertiary alicyclic amines) is 1. The van der Waals surface area contributed by atoms with Crippen molar-refractivity contribution >= 4 is 12.0 Å². The first kappa shape index (κ1) is 15.4. The molecule has 1 saturated heterocycles. The molecule has 1 fully saturated rings. The Morgan fingerprint density at radius 1 is 1.24 bits per heavy atom. The van der Waals surface area contributed by atoms with E-state index in [1.54, 1.807) is 4.90 Å². The van der Waals surface area contributed by atoms with E-state index in [-0.39, 0.29) is 18.6 Å². The Morgan fingerprint density at radius 2 is 1.90 bits per heavy atom. The molecule has 2 rings (SSSR count). The Balaban J connectivity index is 1.87. The summed E-state index contributed by atoms with van der Waals surface area (Å²) in [7, 11) is 0. The molecular weight excluding hydrogens is 268 g/mol. The summed E-state index contributed by atoms with van der Waals surface area (Å²) in [6.45, 7) is 6.04. The summed E-state index contributed by atoms with van der Waals surface area (Å²) in [5.41, 5.74) is 0.943. The van der Waals surface area contributed by atoms with Crippen molar-refractivity contribution in [2.75, 3.05) is 19.6 Å². The van der Waals surface area contributed by atoms with Gasteiger partial charge in [-0.05, 0) is 25.8 Å². The molecule has 114 valence electrons. The van der Waals surface area contributed by atoms with E-state index in [1.165, 1.54) is 4.90 Å². The molecule has 0 radical (unpaired) electrons. The van der Waals surface area contributed by atoms with Crippen molar-refractivity contribution < 1.29 is 14.3 Å². The van der Waals surface area contributed by atoms with Gasteiger partial charge in [-0.2, -0.15) is 0 Å². The highest BCUT2D eigenvalue weighted by molar-refractivity contribution is 5.87. The lowest BCUT2D eigenvalue weighted by Crippen LogP contribution is -2.59. The first-order valence-corrected chi connectivity index (χ1v) is 7.43. The number of ether oxygens (including phenoxy) is 1. The molecule has 5 heteroatoms. The third kappa shape index (κ3) is 3.54. The van der Waals surface area contributed by atoms with Gasteiger partial charge < -0.3 is 9.64 Å². The van der Waals surface area contributed by atoms with Gasteiger partial charge in [0.05, 0.1) is 0 Å². The third-order valence-electron chi connectivity index (χ3n) is 3.82. The van der Waals surface area contributed by atoms with Gasteiger partial charge in [0.2, 0.25) is 5.91 Å². The predicted molar refractivity (Wildman–Crippen MR) is 79.7 cm³/mol. The van der Waals surface area contributed by atoms with Gasteiger partial charge in [-0.1, -0.05) is 30.3 Å². The van der Waals surface area contributed by atoms with Gasteiger partial charge in [0.15, 0.2) is 0 Å². The zero-order valence-corrected chi connectivity index (χ0v) is 12.6. The fourth-order valence-corrected chi connectivity index (χ4v) is 2.41. The van der Waals surface area contributed by atoms with Crippen LogP contribution in [-0.2, 0) is 16.1 Å². The van der Waals surface area contributed by atoms with Gasteiger partial charge >= 0.3 is 6.09 Å². The Morgan fingerprint density at radius 3 is 2.43 bits per heavy atom. The summed E-state index contributed by atoms with van der Waals surface area (Å²) in [5.74, 6) is 0.0166. The highest BCUT2D eigenvalue weighted by Crippen LogP contribution is 2.21. The molecule has 21 heavy (non-hydrogen) atoms. The molecule has 1 aliphatic rings. The maximum absolute atomic E-state index is 12.3. The van der Waals surface area contributed by atoms with Crippen LogP contribution in [0.1, 0.15) is 25.8 Å². The Bertz CT molecular complexity index is 486. The van der Waals surface area contributed by atoms with Gasteiger partial charge in [-0.3, -0.25) is 9.69 Å².